The second-order valence-electron chi connectivity index (χ2n) is 5.56. The van der Waals surface area contributed by atoms with E-state index in [1.54, 1.807) is 0 Å². The molecule has 106 valence electrons. The Kier molecular flexibility index (Phi) is 4.85. The largest absolute Gasteiger partial charge is 0.330 e. The van der Waals surface area contributed by atoms with Gasteiger partial charge in [0, 0.05) is 49.9 Å². The number of rotatable bonds is 4. The fourth-order valence-corrected chi connectivity index (χ4v) is 2.60. The molecule has 0 spiro atoms. The first kappa shape index (κ1) is 14.4. The maximum Gasteiger partial charge on any atom is 0.130 e. The van der Waals surface area contributed by atoms with Crippen molar-refractivity contribution in [1.29, 1.82) is 0 Å². The third-order valence-corrected chi connectivity index (χ3v) is 3.75. The second kappa shape index (κ2) is 6.41. The molecule has 0 radical (unpaired) electrons. The molecule has 1 saturated heterocycles. The molecule has 1 fully saturated rings. The lowest BCUT2D eigenvalue weighted by Gasteiger charge is -2.37. The minimum atomic E-state index is 0.506. The first-order chi connectivity index (χ1) is 9.08. The molecular weight excluding hydrogens is 238 g/mol. The Morgan fingerprint density at radius 2 is 2.11 bits per heavy atom. The van der Waals surface area contributed by atoms with Crippen LogP contribution in [0.2, 0.25) is 0 Å². The van der Waals surface area contributed by atoms with Gasteiger partial charge in [-0.3, -0.25) is 0 Å². The molecule has 1 aliphatic rings. The maximum atomic E-state index is 5.61. The van der Waals surface area contributed by atoms with Gasteiger partial charge in [0.25, 0.3) is 0 Å². The van der Waals surface area contributed by atoms with Crippen LogP contribution in [0.4, 0.5) is 0 Å². The van der Waals surface area contributed by atoms with Gasteiger partial charge in [-0.25, -0.2) is 9.97 Å². The fourth-order valence-electron chi connectivity index (χ4n) is 2.60. The lowest BCUT2D eigenvalue weighted by molar-refractivity contribution is 0.113. The van der Waals surface area contributed by atoms with Crippen LogP contribution in [0.1, 0.15) is 17.2 Å². The zero-order chi connectivity index (χ0) is 13.8. The number of likely N-dealkylation sites (N-methyl/N-ethyl adjacent to an activating group) is 2. The van der Waals surface area contributed by atoms with Gasteiger partial charge in [0.2, 0.25) is 0 Å². The van der Waals surface area contributed by atoms with Crippen LogP contribution in [0.3, 0.4) is 0 Å². The lowest BCUT2D eigenvalue weighted by Crippen LogP contribution is -2.51. The van der Waals surface area contributed by atoms with Crippen LogP contribution >= 0.6 is 0 Å². The Morgan fingerprint density at radius 1 is 1.32 bits per heavy atom. The topological polar surface area (TPSA) is 58.3 Å². The van der Waals surface area contributed by atoms with Gasteiger partial charge in [-0.15, -0.1) is 0 Å². The molecule has 1 atom stereocenters. The predicted octanol–water partition coefficient (Wildman–Crippen LogP) is 0.0745. The Morgan fingerprint density at radius 3 is 2.84 bits per heavy atom. The molecule has 2 N–H and O–H groups in total. The van der Waals surface area contributed by atoms with Crippen LogP contribution in [-0.4, -0.2) is 66.1 Å². The van der Waals surface area contributed by atoms with E-state index in [0.717, 1.165) is 49.7 Å². The summed E-state index contributed by atoms with van der Waals surface area (Å²) in [6, 6.07) is 2.54. The molecule has 1 aromatic heterocycles. The highest BCUT2D eigenvalue weighted by molar-refractivity contribution is 5.11. The van der Waals surface area contributed by atoms with E-state index in [-0.39, 0.29) is 0 Å². The molecule has 1 aromatic rings. The standard InChI is InChI=1S/C14H25N5/c1-11-8-12(4-5-15)17-14(16-11)9-13-10-18(2)6-7-19(13)3/h8,13H,4-7,9-10,15H2,1-3H3. The van der Waals surface area contributed by atoms with Crippen molar-refractivity contribution in [2.75, 3.05) is 40.3 Å². The van der Waals surface area contributed by atoms with Crippen molar-refractivity contribution in [3.63, 3.8) is 0 Å². The van der Waals surface area contributed by atoms with E-state index in [2.05, 4.69) is 33.9 Å². The van der Waals surface area contributed by atoms with Crippen LogP contribution in [0.5, 0.6) is 0 Å². The van der Waals surface area contributed by atoms with Crippen LogP contribution in [0, 0.1) is 6.92 Å². The Labute approximate surface area is 115 Å². The van der Waals surface area contributed by atoms with E-state index < -0.39 is 0 Å². The Hall–Kier alpha value is -1.04. The molecule has 1 unspecified atom stereocenters. The number of hydrogen-bond donors (Lipinski definition) is 1. The smallest absolute Gasteiger partial charge is 0.130 e. The average Bonchev–Trinajstić information content (AvgIpc) is 2.33. The van der Waals surface area contributed by atoms with Crippen molar-refractivity contribution in [1.82, 2.24) is 19.8 Å². The van der Waals surface area contributed by atoms with E-state index >= 15 is 0 Å². The highest BCUT2D eigenvalue weighted by Gasteiger charge is 2.23. The van der Waals surface area contributed by atoms with Gasteiger partial charge in [0.15, 0.2) is 0 Å². The monoisotopic (exact) mass is 263 g/mol. The summed E-state index contributed by atoms with van der Waals surface area (Å²) in [4.78, 5) is 14.0. The van der Waals surface area contributed by atoms with E-state index in [1.807, 2.05) is 13.0 Å². The predicted molar refractivity (Wildman–Crippen MR) is 77.1 cm³/mol. The SMILES string of the molecule is Cc1cc(CCN)nc(CC2CN(C)CCN2C)n1. The zero-order valence-electron chi connectivity index (χ0n) is 12.3. The minimum Gasteiger partial charge on any atom is -0.330 e. The van der Waals surface area contributed by atoms with Crippen molar-refractivity contribution in [2.24, 2.45) is 5.73 Å². The van der Waals surface area contributed by atoms with E-state index in [0.29, 0.717) is 12.6 Å². The molecule has 1 aliphatic heterocycles. The summed E-state index contributed by atoms with van der Waals surface area (Å²) in [5.41, 5.74) is 7.72. The van der Waals surface area contributed by atoms with Gasteiger partial charge < -0.3 is 15.5 Å². The summed E-state index contributed by atoms with van der Waals surface area (Å²) in [6.07, 6.45) is 1.75. The van der Waals surface area contributed by atoms with Crippen LogP contribution < -0.4 is 5.73 Å². The summed E-state index contributed by atoms with van der Waals surface area (Å²) in [5.74, 6) is 0.954. The lowest BCUT2D eigenvalue weighted by atomic mass is 10.1. The second-order valence-corrected chi connectivity index (χ2v) is 5.56. The van der Waals surface area contributed by atoms with Crippen molar-refractivity contribution in [3.05, 3.63) is 23.3 Å². The van der Waals surface area contributed by atoms with Crippen molar-refractivity contribution >= 4 is 0 Å². The van der Waals surface area contributed by atoms with E-state index in [4.69, 9.17) is 5.73 Å². The van der Waals surface area contributed by atoms with Gasteiger partial charge in [-0.05, 0) is 33.6 Å². The minimum absolute atomic E-state index is 0.506. The van der Waals surface area contributed by atoms with Gasteiger partial charge in [-0.2, -0.15) is 0 Å². The Bertz CT molecular complexity index is 420. The molecule has 0 saturated carbocycles. The van der Waals surface area contributed by atoms with Gasteiger partial charge in [0.05, 0.1) is 0 Å². The number of nitrogens with zero attached hydrogens (tertiary/aromatic N) is 4. The molecule has 5 nitrogen and oxygen atoms in total. The van der Waals surface area contributed by atoms with Gasteiger partial charge in [-0.1, -0.05) is 0 Å². The summed E-state index contributed by atoms with van der Waals surface area (Å²) >= 11 is 0. The summed E-state index contributed by atoms with van der Waals surface area (Å²) in [5, 5.41) is 0. The van der Waals surface area contributed by atoms with Crippen molar-refractivity contribution in [3.8, 4) is 0 Å². The van der Waals surface area contributed by atoms with Gasteiger partial charge >= 0.3 is 0 Å². The van der Waals surface area contributed by atoms with Crippen LogP contribution in [0.15, 0.2) is 6.07 Å². The van der Waals surface area contributed by atoms with E-state index in [1.165, 1.54) is 0 Å². The third kappa shape index (κ3) is 3.96. The molecule has 0 amide bonds. The summed E-state index contributed by atoms with van der Waals surface area (Å²) < 4.78 is 0. The average molecular weight is 263 g/mol. The molecule has 0 aromatic carbocycles. The Balaban J connectivity index is 2.09. The number of hydrogen-bond acceptors (Lipinski definition) is 5. The molecule has 2 heterocycles. The maximum absolute atomic E-state index is 5.61. The first-order valence-electron chi connectivity index (χ1n) is 7.00. The molecular formula is C14H25N5. The van der Waals surface area contributed by atoms with E-state index in [9.17, 15) is 0 Å². The zero-order valence-corrected chi connectivity index (χ0v) is 12.3. The van der Waals surface area contributed by atoms with Crippen LogP contribution in [0.25, 0.3) is 0 Å². The number of aromatic nitrogens is 2. The molecule has 0 aliphatic carbocycles. The highest BCUT2D eigenvalue weighted by atomic mass is 15.3. The van der Waals surface area contributed by atoms with Gasteiger partial charge in [0.1, 0.15) is 5.82 Å². The highest BCUT2D eigenvalue weighted by Crippen LogP contribution is 2.11. The summed E-state index contributed by atoms with van der Waals surface area (Å²) in [6.45, 7) is 6.01. The number of nitrogens with two attached hydrogens (primary N) is 1. The molecule has 2 rings (SSSR count). The summed E-state index contributed by atoms with van der Waals surface area (Å²) in [7, 11) is 4.37. The third-order valence-electron chi connectivity index (χ3n) is 3.75. The number of piperazine rings is 1. The van der Waals surface area contributed by atoms with Crippen molar-refractivity contribution in [2.45, 2.75) is 25.8 Å². The normalized spacial score (nSPS) is 21.8. The quantitative estimate of drug-likeness (QED) is 0.833. The van der Waals surface area contributed by atoms with Crippen LogP contribution in [-0.2, 0) is 12.8 Å². The molecule has 19 heavy (non-hydrogen) atoms. The van der Waals surface area contributed by atoms with Crippen molar-refractivity contribution < 1.29 is 0 Å². The fraction of sp³-hybridized carbons (Fsp3) is 0.714. The number of aryl methyl sites for hydroxylation is 1. The molecule has 5 heteroatoms. The molecule has 0 bridgehead atoms. The first-order valence-corrected chi connectivity index (χ1v) is 7.00.